The molecule has 0 spiro atoms. The van der Waals surface area contributed by atoms with E-state index in [4.69, 9.17) is 9.84 Å². The normalized spacial score (nSPS) is 13.6. The summed E-state index contributed by atoms with van der Waals surface area (Å²) in [5.74, 6) is -0.398. The van der Waals surface area contributed by atoms with Crippen LogP contribution in [-0.2, 0) is 28.9 Å². The summed E-state index contributed by atoms with van der Waals surface area (Å²) in [5, 5.41) is 10.1. The Labute approximate surface area is 275 Å². The van der Waals surface area contributed by atoms with Crippen molar-refractivity contribution in [2.75, 3.05) is 18.9 Å². The number of carbonyl (C=O) groups excluding carboxylic acids is 2. The molecule has 10 nitrogen and oxygen atoms in total. The molecular formula is C34H37F2N7O3S. The summed E-state index contributed by atoms with van der Waals surface area (Å²) in [4.78, 5) is 36.4. The lowest BCUT2D eigenvalue weighted by molar-refractivity contribution is -0.118. The molecule has 1 N–H and O–H groups in total. The Morgan fingerprint density at radius 3 is 2.62 bits per heavy atom. The quantitative estimate of drug-likeness (QED) is 0.179. The Hall–Kier alpha value is -4.65. The van der Waals surface area contributed by atoms with Gasteiger partial charge < -0.3 is 14.2 Å². The smallest absolute Gasteiger partial charge is 0.410 e. The molecule has 1 unspecified atom stereocenters. The van der Waals surface area contributed by atoms with E-state index in [9.17, 15) is 18.4 Å². The number of rotatable bonds is 9. The number of amides is 2. The van der Waals surface area contributed by atoms with E-state index >= 15 is 0 Å². The first-order valence-electron chi connectivity index (χ1n) is 15.5. The third-order valence-corrected chi connectivity index (χ3v) is 8.96. The lowest BCUT2D eigenvalue weighted by atomic mass is 9.94. The second-order valence-corrected chi connectivity index (χ2v) is 13.7. The van der Waals surface area contributed by atoms with Gasteiger partial charge >= 0.3 is 6.09 Å². The topological polar surface area (TPSA) is 107 Å². The molecule has 1 atom stereocenters. The van der Waals surface area contributed by atoms with Gasteiger partial charge in [-0.25, -0.2) is 23.5 Å². The highest BCUT2D eigenvalue weighted by atomic mass is 32.1. The average Bonchev–Trinajstić information content (AvgIpc) is 3.82. The van der Waals surface area contributed by atoms with Crippen molar-refractivity contribution in [3.63, 3.8) is 0 Å². The SMILES string of the molecule is Cc1c(-c2ccc(CCN(C)C(=O)OC(C)(C)C)cc2)cc(C(F)F)c2cn(C(C(=O)Nc3nccs3)c3ncn4c3CCC4)nc12. The largest absolute Gasteiger partial charge is 0.444 e. The number of aromatic nitrogens is 5. The van der Waals surface area contributed by atoms with Gasteiger partial charge in [0.05, 0.1) is 17.5 Å². The first-order chi connectivity index (χ1) is 22.4. The highest BCUT2D eigenvalue weighted by Crippen LogP contribution is 2.38. The molecule has 13 heteroatoms. The number of halogens is 2. The van der Waals surface area contributed by atoms with Crippen molar-refractivity contribution in [1.29, 1.82) is 0 Å². The summed E-state index contributed by atoms with van der Waals surface area (Å²) in [7, 11) is 1.69. The van der Waals surface area contributed by atoms with Crippen LogP contribution >= 0.6 is 11.3 Å². The van der Waals surface area contributed by atoms with Gasteiger partial charge in [-0.2, -0.15) is 5.10 Å². The first-order valence-corrected chi connectivity index (χ1v) is 16.4. The molecule has 0 fully saturated rings. The van der Waals surface area contributed by atoms with Crippen LogP contribution in [0.25, 0.3) is 22.0 Å². The van der Waals surface area contributed by atoms with Gasteiger partial charge in [0, 0.05) is 54.6 Å². The van der Waals surface area contributed by atoms with Crippen LogP contribution in [0, 0.1) is 6.92 Å². The molecule has 1 aliphatic heterocycles. The molecule has 5 aromatic rings. The van der Waals surface area contributed by atoms with E-state index in [1.165, 1.54) is 33.2 Å². The van der Waals surface area contributed by atoms with Crippen molar-refractivity contribution >= 4 is 39.4 Å². The summed E-state index contributed by atoms with van der Waals surface area (Å²) in [6.45, 7) is 8.60. The van der Waals surface area contributed by atoms with Crippen molar-refractivity contribution < 1.29 is 23.1 Å². The Kier molecular flexibility index (Phi) is 8.84. The van der Waals surface area contributed by atoms with Crippen LogP contribution in [0.15, 0.2) is 54.4 Å². The van der Waals surface area contributed by atoms with E-state index < -0.39 is 30.1 Å². The molecular weight excluding hydrogens is 624 g/mol. The lowest BCUT2D eigenvalue weighted by Gasteiger charge is -2.24. The number of hydrogen-bond donors (Lipinski definition) is 1. The summed E-state index contributed by atoms with van der Waals surface area (Å²) < 4.78 is 38.2. The lowest BCUT2D eigenvalue weighted by Crippen LogP contribution is -2.35. The van der Waals surface area contributed by atoms with Crippen LogP contribution in [0.2, 0.25) is 0 Å². The number of benzene rings is 2. The second-order valence-electron chi connectivity index (χ2n) is 12.8. The van der Waals surface area contributed by atoms with Gasteiger partial charge in [0.1, 0.15) is 5.60 Å². The third-order valence-electron chi connectivity index (χ3n) is 8.27. The number of ether oxygens (including phenoxy) is 1. The van der Waals surface area contributed by atoms with E-state index in [2.05, 4.69) is 15.3 Å². The predicted octanol–water partition coefficient (Wildman–Crippen LogP) is 7.19. The van der Waals surface area contributed by atoms with E-state index in [0.29, 0.717) is 34.9 Å². The van der Waals surface area contributed by atoms with Crippen molar-refractivity contribution in [1.82, 2.24) is 29.2 Å². The van der Waals surface area contributed by atoms with Crippen molar-refractivity contribution in [2.45, 2.75) is 71.6 Å². The molecule has 246 valence electrons. The van der Waals surface area contributed by atoms with Gasteiger partial charge in [-0.05, 0) is 75.3 Å². The molecule has 6 rings (SSSR count). The van der Waals surface area contributed by atoms with Gasteiger partial charge in [0.25, 0.3) is 12.3 Å². The van der Waals surface area contributed by atoms with Crippen LogP contribution in [0.4, 0.5) is 18.7 Å². The molecule has 0 aliphatic carbocycles. The Morgan fingerprint density at radius 1 is 1.17 bits per heavy atom. The Morgan fingerprint density at radius 2 is 1.94 bits per heavy atom. The molecule has 47 heavy (non-hydrogen) atoms. The molecule has 2 aromatic carbocycles. The molecule has 0 radical (unpaired) electrons. The molecule has 4 heterocycles. The maximum absolute atomic E-state index is 14.6. The number of hydrogen-bond acceptors (Lipinski definition) is 7. The number of imidazole rings is 1. The second kappa shape index (κ2) is 12.9. The van der Waals surface area contributed by atoms with Crippen LogP contribution in [0.5, 0.6) is 0 Å². The standard InChI is InChI=1S/C34H37F2N7O3S/c1-20-23(22-10-8-21(9-11-22)12-15-41(5)33(45)46-34(2,3)4)17-24(30(35)36)25-18-43(40-27(20)25)29(31(44)39-32-37-13-16-47-32)28-26-7-6-14-42(26)19-38-28/h8-11,13,16-19,29-30H,6-7,12,14-15H2,1-5H3,(H,37,39,44). The molecule has 2 amide bonds. The van der Waals surface area contributed by atoms with Gasteiger partial charge in [-0.3, -0.25) is 14.8 Å². The zero-order valence-electron chi connectivity index (χ0n) is 27.0. The van der Waals surface area contributed by atoms with Crippen LogP contribution < -0.4 is 5.32 Å². The maximum Gasteiger partial charge on any atom is 0.410 e. The van der Waals surface area contributed by atoms with E-state index in [-0.39, 0.29) is 10.9 Å². The third kappa shape index (κ3) is 6.76. The van der Waals surface area contributed by atoms with E-state index in [0.717, 1.165) is 41.8 Å². The number of aryl methyl sites for hydroxylation is 2. The van der Waals surface area contributed by atoms with Crippen molar-refractivity contribution in [2.24, 2.45) is 0 Å². The molecule has 1 aliphatic rings. The van der Waals surface area contributed by atoms with Crippen LogP contribution in [-0.4, -0.2) is 60.4 Å². The highest BCUT2D eigenvalue weighted by molar-refractivity contribution is 7.13. The number of fused-ring (bicyclic) bond motifs is 2. The molecule has 0 saturated carbocycles. The minimum atomic E-state index is -2.77. The number of alkyl halides is 2. The average molecular weight is 662 g/mol. The number of nitrogens with one attached hydrogen (secondary N) is 1. The minimum Gasteiger partial charge on any atom is -0.444 e. The summed E-state index contributed by atoms with van der Waals surface area (Å²) in [6.07, 6.45) is 3.99. The summed E-state index contributed by atoms with van der Waals surface area (Å²) >= 11 is 1.29. The fourth-order valence-corrected chi connectivity index (χ4v) is 6.43. The Bertz CT molecular complexity index is 1910. The zero-order valence-corrected chi connectivity index (χ0v) is 27.8. The fraction of sp³-hybridized carbons (Fsp3) is 0.382. The Balaban J connectivity index is 1.33. The van der Waals surface area contributed by atoms with Crippen LogP contribution in [0.1, 0.15) is 67.7 Å². The number of likely N-dealkylation sites (N-methyl/N-ethyl adjacent to an activating group) is 1. The zero-order chi connectivity index (χ0) is 33.5. The first kappa shape index (κ1) is 32.3. The van der Waals surface area contributed by atoms with Crippen molar-refractivity contribution in [3.8, 4) is 11.1 Å². The molecule has 0 saturated heterocycles. The number of thiazole rings is 1. The van der Waals surface area contributed by atoms with E-state index in [1.54, 1.807) is 25.0 Å². The van der Waals surface area contributed by atoms with Crippen LogP contribution in [0.3, 0.4) is 0 Å². The number of nitrogens with zero attached hydrogens (tertiary/aromatic N) is 6. The monoisotopic (exact) mass is 661 g/mol. The maximum atomic E-state index is 14.6. The van der Waals surface area contributed by atoms with Gasteiger partial charge in [0.2, 0.25) is 0 Å². The fourth-order valence-electron chi connectivity index (χ4n) is 5.90. The summed E-state index contributed by atoms with van der Waals surface area (Å²) in [6, 6.07) is 8.18. The highest BCUT2D eigenvalue weighted by Gasteiger charge is 2.33. The number of anilines is 1. The van der Waals surface area contributed by atoms with Gasteiger partial charge in [-0.15, -0.1) is 11.3 Å². The molecule has 3 aromatic heterocycles. The van der Waals surface area contributed by atoms with E-state index in [1.807, 2.05) is 56.5 Å². The molecule has 0 bridgehead atoms. The van der Waals surface area contributed by atoms with Gasteiger partial charge in [-0.1, -0.05) is 24.3 Å². The minimum absolute atomic E-state index is 0.163. The van der Waals surface area contributed by atoms with Gasteiger partial charge in [0.15, 0.2) is 11.2 Å². The van der Waals surface area contributed by atoms with Crippen molar-refractivity contribution in [3.05, 3.63) is 82.5 Å². The predicted molar refractivity (Wildman–Crippen MR) is 177 cm³/mol. The summed E-state index contributed by atoms with van der Waals surface area (Å²) in [5.41, 5.74) is 4.23. The number of carbonyl (C=O) groups is 2.